The van der Waals surface area contributed by atoms with Crippen molar-refractivity contribution in [2.75, 3.05) is 26.3 Å². The first-order chi connectivity index (χ1) is 15.8. The van der Waals surface area contributed by atoms with E-state index < -0.39 is 24.4 Å². The summed E-state index contributed by atoms with van der Waals surface area (Å²) in [6.45, 7) is 3.12. The molecule has 3 atom stereocenters. The predicted molar refractivity (Wildman–Crippen MR) is 118 cm³/mol. The molecule has 0 saturated carbocycles. The molecule has 2 heterocycles. The molecule has 33 heavy (non-hydrogen) atoms. The maximum absolute atomic E-state index is 13.5. The fourth-order valence-electron chi connectivity index (χ4n) is 4.54. The van der Waals surface area contributed by atoms with Crippen molar-refractivity contribution in [2.45, 2.75) is 82.7 Å². The molecule has 1 fully saturated rings. The molecule has 0 aromatic heterocycles. The first-order valence-electron chi connectivity index (χ1n) is 12.0. The van der Waals surface area contributed by atoms with Crippen LogP contribution in [0.1, 0.15) is 70.0 Å². The highest BCUT2D eigenvalue weighted by Gasteiger charge is 2.46. The molecule has 0 bridgehead atoms. The number of alkyl halides is 3. The Bertz CT molecular complexity index is 775. The number of nitrogens with zero attached hydrogens (tertiary/aromatic N) is 1. The Kier molecular flexibility index (Phi) is 9.26. The largest absolute Gasteiger partial charge is 0.486 e. The van der Waals surface area contributed by atoms with Crippen LogP contribution >= 0.6 is 0 Å². The summed E-state index contributed by atoms with van der Waals surface area (Å²) in [5, 5.41) is 13.9. The summed E-state index contributed by atoms with van der Waals surface area (Å²) in [5.74, 6) is 0.783. The molecule has 2 aliphatic heterocycles. The van der Waals surface area contributed by atoms with Crippen molar-refractivity contribution < 1.29 is 32.5 Å². The Labute approximate surface area is 193 Å². The molecule has 6 nitrogen and oxygen atoms in total. The third-order valence-corrected chi connectivity index (χ3v) is 6.32. The zero-order chi connectivity index (χ0) is 23.8. The van der Waals surface area contributed by atoms with Gasteiger partial charge in [-0.2, -0.15) is 13.2 Å². The highest BCUT2D eigenvalue weighted by molar-refractivity contribution is 5.76. The van der Waals surface area contributed by atoms with Crippen LogP contribution in [0.25, 0.3) is 0 Å². The minimum Gasteiger partial charge on any atom is -0.486 e. The number of carbonyl (C=O) groups excluding carboxylic acids is 1. The Morgan fingerprint density at radius 1 is 1.18 bits per heavy atom. The lowest BCUT2D eigenvalue weighted by atomic mass is 10.00. The van der Waals surface area contributed by atoms with Crippen molar-refractivity contribution in [3.63, 3.8) is 0 Å². The third kappa shape index (κ3) is 7.24. The maximum Gasteiger partial charge on any atom is 0.404 e. The number of aliphatic hydroxyl groups is 1. The minimum atomic E-state index is -4.34. The third-order valence-electron chi connectivity index (χ3n) is 6.32. The summed E-state index contributed by atoms with van der Waals surface area (Å²) in [5.41, 5.74) is 0.468. The average molecular weight is 473 g/mol. The Hall–Kier alpha value is -2.00. The molecule has 186 valence electrons. The van der Waals surface area contributed by atoms with Crippen LogP contribution in [0.5, 0.6) is 11.5 Å². The normalized spacial score (nSPS) is 20.5. The van der Waals surface area contributed by atoms with Crippen molar-refractivity contribution in [3.8, 4) is 11.5 Å². The van der Waals surface area contributed by atoms with Crippen LogP contribution in [0.2, 0.25) is 0 Å². The molecule has 3 rings (SSSR count). The van der Waals surface area contributed by atoms with Crippen LogP contribution in [-0.2, 0) is 4.79 Å². The smallest absolute Gasteiger partial charge is 0.404 e. The van der Waals surface area contributed by atoms with Gasteiger partial charge in [-0.3, -0.25) is 9.69 Å². The molecule has 1 aromatic carbocycles. The topological polar surface area (TPSA) is 71.0 Å². The summed E-state index contributed by atoms with van der Waals surface area (Å²) in [4.78, 5) is 13.9. The lowest BCUT2D eigenvalue weighted by Gasteiger charge is -2.33. The maximum atomic E-state index is 13.5. The second-order valence-corrected chi connectivity index (χ2v) is 8.88. The van der Waals surface area contributed by atoms with E-state index in [2.05, 4.69) is 12.2 Å². The van der Waals surface area contributed by atoms with E-state index >= 15 is 0 Å². The molecule has 0 unspecified atom stereocenters. The quantitative estimate of drug-likeness (QED) is 0.468. The van der Waals surface area contributed by atoms with Crippen LogP contribution in [0.15, 0.2) is 18.2 Å². The number of hydrogen-bond donors (Lipinski definition) is 2. The van der Waals surface area contributed by atoms with Gasteiger partial charge in [0.15, 0.2) is 11.5 Å². The molecule has 2 N–H and O–H groups in total. The summed E-state index contributed by atoms with van der Waals surface area (Å²) in [6.07, 6.45) is 0.139. The molecule has 0 spiro atoms. The van der Waals surface area contributed by atoms with E-state index in [9.17, 15) is 23.1 Å². The van der Waals surface area contributed by atoms with Crippen LogP contribution in [0.4, 0.5) is 13.2 Å². The van der Waals surface area contributed by atoms with E-state index in [0.717, 1.165) is 25.7 Å². The number of carbonyl (C=O) groups is 1. The predicted octanol–water partition coefficient (Wildman–Crippen LogP) is 4.36. The molecule has 1 saturated heterocycles. The number of likely N-dealkylation sites (tertiary alicyclic amines) is 1. The monoisotopic (exact) mass is 472 g/mol. The van der Waals surface area contributed by atoms with Crippen LogP contribution in [-0.4, -0.2) is 60.5 Å². The van der Waals surface area contributed by atoms with Gasteiger partial charge in [-0.05, 0) is 43.5 Å². The standard InChI is InChI=1S/C24H35F3N2O4/c1-2-3-4-5-6-9-22(30)28-18(16-29-12-7-8-21(29)24(25,26)27)23(31)17-10-11-19-20(15-17)33-14-13-32-19/h10-11,15,18,21,23,31H,2-9,12-14,16H2,1H3,(H,28,30)/t18-,21+,23-/m1/s1. The first kappa shape index (κ1) is 25.6. The van der Waals surface area contributed by atoms with Crippen molar-refractivity contribution in [1.82, 2.24) is 10.2 Å². The number of aliphatic hydroxyl groups excluding tert-OH is 1. The molecule has 9 heteroatoms. The van der Waals surface area contributed by atoms with E-state index in [1.807, 2.05) is 0 Å². The van der Waals surface area contributed by atoms with Crippen molar-refractivity contribution >= 4 is 5.91 Å². The number of amides is 1. The number of halogens is 3. The van der Waals surface area contributed by atoms with Gasteiger partial charge in [-0.25, -0.2) is 0 Å². The highest BCUT2D eigenvalue weighted by Crippen LogP contribution is 2.35. The Morgan fingerprint density at radius 3 is 2.64 bits per heavy atom. The van der Waals surface area contributed by atoms with E-state index in [-0.39, 0.29) is 31.8 Å². The molecule has 1 aromatic rings. The van der Waals surface area contributed by atoms with Gasteiger partial charge in [0, 0.05) is 13.0 Å². The van der Waals surface area contributed by atoms with Gasteiger partial charge in [0.25, 0.3) is 0 Å². The molecular weight excluding hydrogens is 437 g/mol. The Balaban J connectivity index is 1.71. The lowest BCUT2D eigenvalue weighted by molar-refractivity contribution is -0.177. The molecule has 0 aliphatic carbocycles. The SMILES string of the molecule is CCCCCCCC(=O)N[C@H](CN1CCC[C@H]1C(F)(F)F)[C@H](O)c1ccc2c(c1)OCCO2. The fraction of sp³-hybridized carbons (Fsp3) is 0.708. The number of benzene rings is 1. The summed E-state index contributed by atoms with van der Waals surface area (Å²) in [6, 6.07) is 2.53. The number of unbranched alkanes of at least 4 members (excludes halogenated alkanes) is 4. The Morgan fingerprint density at radius 2 is 1.91 bits per heavy atom. The zero-order valence-corrected chi connectivity index (χ0v) is 19.2. The molecule has 2 aliphatic rings. The van der Waals surface area contributed by atoms with Gasteiger partial charge < -0.3 is 19.9 Å². The van der Waals surface area contributed by atoms with Gasteiger partial charge in [-0.15, -0.1) is 0 Å². The fourth-order valence-corrected chi connectivity index (χ4v) is 4.54. The summed E-state index contributed by atoms with van der Waals surface area (Å²) in [7, 11) is 0. The van der Waals surface area contributed by atoms with Gasteiger partial charge in [-0.1, -0.05) is 38.7 Å². The second kappa shape index (κ2) is 11.9. The van der Waals surface area contributed by atoms with Gasteiger partial charge in [0.1, 0.15) is 25.4 Å². The second-order valence-electron chi connectivity index (χ2n) is 8.88. The van der Waals surface area contributed by atoms with Crippen LogP contribution < -0.4 is 14.8 Å². The molecular formula is C24H35F3N2O4. The van der Waals surface area contributed by atoms with Gasteiger partial charge >= 0.3 is 6.18 Å². The first-order valence-corrected chi connectivity index (χ1v) is 12.0. The van der Waals surface area contributed by atoms with Crippen LogP contribution in [0, 0.1) is 0 Å². The van der Waals surface area contributed by atoms with Gasteiger partial charge in [0.2, 0.25) is 5.91 Å². The number of fused-ring (bicyclic) bond motifs is 1. The van der Waals surface area contributed by atoms with Crippen molar-refractivity contribution in [1.29, 1.82) is 0 Å². The van der Waals surface area contributed by atoms with Gasteiger partial charge in [0.05, 0.1) is 6.04 Å². The zero-order valence-electron chi connectivity index (χ0n) is 19.2. The van der Waals surface area contributed by atoms with Crippen molar-refractivity contribution in [2.24, 2.45) is 0 Å². The van der Waals surface area contributed by atoms with E-state index in [1.165, 1.54) is 4.90 Å². The molecule has 0 radical (unpaired) electrons. The number of rotatable bonds is 11. The van der Waals surface area contributed by atoms with E-state index in [1.54, 1.807) is 18.2 Å². The summed E-state index contributed by atoms with van der Waals surface area (Å²) >= 11 is 0. The average Bonchev–Trinajstić information content (AvgIpc) is 3.26. The number of ether oxygens (including phenoxy) is 2. The van der Waals surface area contributed by atoms with E-state index in [4.69, 9.17) is 9.47 Å². The lowest BCUT2D eigenvalue weighted by Crippen LogP contribution is -2.51. The van der Waals surface area contributed by atoms with Crippen molar-refractivity contribution in [3.05, 3.63) is 23.8 Å². The van der Waals surface area contributed by atoms with Crippen LogP contribution in [0.3, 0.4) is 0 Å². The summed E-state index contributed by atoms with van der Waals surface area (Å²) < 4.78 is 51.5. The number of nitrogens with one attached hydrogen (secondary N) is 1. The minimum absolute atomic E-state index is 0.0295. The molecule has 1 amide bonds. The van der Waals surface area contributed by atoms with E-state index in [0.29, 0.717) is 43.1 Å². The number of hydrogen-bond acceptors (Lipinski definition) is 5. The highest BCUT2D eigenvalue weighted by atomic mass is 19.4.